The Morgan fingerprint density at radius 3 is 2.30 bits per heavy atom. The van der Waals surface area contributed by atoms with Crippen molar-refractivity contribution in [2.24, 2.45) is 23.7 Å². The summed E-state index contributed by atoms with van der Waals surface area (Å²) >= 11 is 0. The molecule has 1 saturated heterocycles. The first kappa shape index (κ1) is 26.0. The minimum atomic E-state index is -4.30. The van der Waals surface area contributed by atoms with Crippen LogP contribution in [-0.2, 0) is 11.0 Å². The Balaban J connectivity index is 1.35. The Kier molecular flexibility index (Phi) is 9.22. The standard InChI is InChI=1S/C26H39F3N2O2/c1-19(20(2)25(33)18-32)16-22-8-6-21(7-9-22)10-11-30-12-14-31(15-13-30)24-5-3-4-23(17-24)26(27,28)29/h3-5,17,19-22,32H,6-16,18H2,1-2H3. The predicted octanol–water partition coefficient (Wildman–Crippen LogP) is 5.25. The number of rotatable bonds is 9. The molecule has 1 saturated carbocycles. The number of hydrogen-bond acceptors (Lipinski definition) is 4. The van der Waals surface area contributed by atoms with Crippen molar-refractivity contribution in [2.45, 2.75) is 58.5 Å². The zero-order chi connectivity index (χ0) is 24.0. The van der Waals surface area contributed by atoms with Crippen molar-refractivity contribution < 1.29 is 23.1 Å². The van der Waals surface area contributed by atoms with Crippen LogP contribution < -0.4 is 4.90 Å². The molecule has 7 heteroatoms. The Morgan fingerprint density at radius 2 is 1.70 bits per heavy atom. The summed E-state index contributed by atoms with van der Waals surface area (Å²) in [6, 6.07) is 5.65. The maximum atomic E-state index is 13.0. The molecule has 1 aromatic rings. The largest absolute Gasteiger partial charge is 0.416 e. The fourth-order valence-electron chi connectivity index (χ4n) is 5.42. The van der Waals surface area contributed by atoms with Crippen molar-refractivity contribution in [3.63, 3.8) is 0 Å². The fraction of sp³-hybridized carbons (Fsp3) is 0.731. The highest BCUT2D eigenvalue weighted by atomic mass is 19.4. The van der Waals surface area contributed by atoms with Gasteiger partial charge in [-0.3, -0.25) is 9.69 Å². The molecule has 4 nitrogen and oxygen atoms in total. The van der Waals surface area contributed by atoms with Gasteiger partial charge >= 0.3 is 6.18 Å². The van der Waals surface area contributed by atoms with Crippen molar-refractivity contribution in [3.8, 4) is 0 Å². The zero-order valence-electron chi connectivity index (χ0n) is 20.0. The average molecular weight is 469 g/mol. The molecule has 1 heterocycles. The van der Waals surface area contributed by atoms with E-state index in [2.05, 4.69) is 16.7 Å². The second-order valence-electron chi connectivity index (χ2n) is 10.2. The molecule has 1 aromatic carbocycles. The van der Waals surface area contributed by atoms with Gasteiger partial charge in [0, 0.05) is 37.8 Å². The predicted molar refractivity (Wildman–Crippen MR) is 125 cm³/mol. The molecule has 0 radical (unpaired) electrons. The molecule has 0 amide bonds. The van der Waals surface area contributed by atoms with Crippen molar-refractivity contribution in [2.75, 3.05) is 44.2 Å². The number of aliphatic hydroxyl groups excluding tert-OH is 1. The third kappa shape index (κ3) is 7.44. The molecule has 3 rings (SSSR count). The van der Waals surface area contributed by atoms with Crippen LogP contribution in [0.15, 0.2) is 24.3 Å². The second kappa shape index (κ2) is 11.7. The maximum Gasteiger partial charge on any atom is 0.416 e. The van der Waals surface area contributed by atoms with Gasteiger partial charge in [-0.25, -0.2) is 0 Å². The number of anilines is 1. The molecule has 33 heavy (non-hydrogen) atoms. The van der Waals surface area contributed by atoms with Crippen molar-refractivity contribution >= 4 is 11.5 Å². The minimum Gasteiger partial charge on any atom is -0.389 e. The number of carbonyl (C=O) groups is 1. The number of carbonyl (C=O) groups excluding carboxylic acids is 1. The normalized spacial score (nSPS) is 24.5. The lowest BCUT2D eigenvalue weighted by Crippen LogP contribution is -2.47. The number of piperazine rings is 1. The van der Waals surface area contributed by atoms with E-state index in [0.717, 1.165) is 51.1 Å². The lowest BCUT2D eigenvalue weighted by Gasteiger charge is -2.37. The van der Waals surface area contributed by atoms with Crippen LogP contribution in [0, 0.1) is 23.7 Å². The Hall–Kier alpha value is -1.60. The quantitative estimate of drug-likeness (QED) is 0.538. The van der Waals surface area contributed by atoms with Gasteiger partial charge in [-0.1, -0.05) is 45.6 Å². The van der Waals surface area contributed by atoms with Crippen LogP contribution in [0.1, 0.15) is 57.9 Å². The summed E-state index contributed by atoms with van der Waals surface area (Å²) in [5.41, 5.74) is 0.0777. The summed E-state index contributed by atoms with van der Waals surface area (Å²) in [7, 11) is 0. The maximum absolute atomic E-state index is 13.0. The lowest BCUT2D eigenvalue weighted by atomic mass is 9.75. The van der Waals surface area contributed by atoms with Crippen LogP contribution in [0.2, 0.25) is 0 Å². The molecule has 1 N–H and O–H groups in total. The smallest absolute Gasteiger partial charge is 0.389 e. The topological polar surface area (TPSA) is 43.8 Å². The molecule has 2 atom stereocenters. The van der Waals surface area contributed by atoms with Gasteiger partial charge in [-0.05, 0) is 55.3 Å². The molecule has 0 spiro atoms. The van der Waals surface area contributed by atoms with Gasteiger partial charge in [0.2, 0.25) is 0 Å². The summed E-state index contributed by atoms with van der Waals surface area (Å²) < 4.78 is 39.0. The minimum absolute atomic E-state index is 0.0515. The van der Waals surface area contributed by atoms with Crippen LogP contribution in [0.3, 0.4) is 0 Å². The molecule has 0 bridgehead atoms. The third-order valence-corrected chi connectivity index (χ3v) is 7.95. The monoisotopic (exact) mass is 468 g/mol. The Bertz CT molecular complexity index is 754. The number of benzene rings is 1. The summed E-state index contributed by atoms with van der Waals surface area (Å²) in [5, 5.41) is 9.08. The van der Waals surface area contributed by atoms with Gasteiger partial charge in [-0.15, -0.1) is 0 Å². The van der Waals surface area contributed by atoms with E-state index in [1.807, 2.05) is 6.92 Å². The molecule has 2 aliphatic rings. The number of hydrogen-bond donors (Lipinski definition) is 1. The van der Waals surface area contributed by atoms with Crippen LogP contribution in [0.5, 0.6) is 0 Å². The molecule has 0 aromatic heterocycles. The number of Topliss-reactive ketones (excluding diaryl/α,β-unsaturated/α-hetero) is 1. The summed E-state index contributed by atoms with van der Waals surface area (Å²) in [6.45, 7) is 8.06. The van der Waals surface area contributed by atoms with E-state index >= 15 is 0 Å². The highest BCUT2D eigenvalue weighted by Crippen LogP contribution is 2.36. The number of ketones is 1. The van der Waals surface area contributed by atoms with Crippen LogP contribution in [0.4, 0.5) is 18.9 Å². The summed E-state index contributed by atoms with van der Waals surface area (Å²) in [5.74, 6) is 1.63. The number of alkyl halides is 3. The van der Waals surface area contributed by atoms with E-state index in [1.165, 1.54) is 44.2 Å². The molecular weight excluding hydrogens is 429 g/mol. The van der Waals surface area contributed by atoms with Crippen molar-refractivity contribution in [1.29, 1.82) is 0 Å². The highest BCUT2D eigenvalue weighted by molar-refractivity contribution is 5.81. The van der Waals surface area contributed by atoms with Gasteiger partial charge in [0.05, 0.1) is 5.56 Å². The van der Waals surface area contributed by atoms with Gasteiger partial charge in [-0.2, -0.15) is 13.2 Å². The molecule has 1 aliphatic carbocycles. The van der Waals surface area contributed by atoms with Gasteiger partial charge in [0.25, 0.3) is 0 Å². The highest BCUT2D eigenvalue weighted by Gasteiger charge is 2.31. The van der Waals surface area contributed by atoms with E-state index in [-0.39, 0.29) is 18.3 Å². The van der Waals surface area contributed by atoms with Crippen LogP contribution >= 0.6 is 0 Å². The lowest BCUT2D eigenvalue weighted by molar-refractivity contribution is -0.137. The summed E-state index contributed by atoms with van der Waals surface area (Å²) in [6.07, 6.45) is 2.87. The third-order valence-electron chi connectivity index (χ3n) is 7.95. The average Bonchev–Trinajstić information content (AvgIpc) is 2.82. The number of aliphatic hydroxyl groups is 1. The van der Waals surface area contributed by atoms with Gasteiger partial charge in [0.15, 0.2) is 5.78 Å². The van der Waals surface area contributed by atoms with E-state index in [1.54, 1.807) is 6.07 Å². The molecule has 2 unspecified atom stereocenters. The SMILES string of the molecule is CC(CC1CCC(CCN2CCN(c3cccc(C(F)(F)F)c3)CC2)CC1)C(C)C(=O)CO. The number of halogens is 3. The van der Waals surface area contributed by atoms with Crippen LogP contribution in [0.25, 0.3) is 0 Å². The van der Waals surface area contributed by atoms with E-state index < -0.39 is 11.7 Å². The fourth-order valence-corrected chi connectivity index (χ4v) is 5.42. The first-order chi connectivity index (χ1) is 15.7. The summed E-state index contributed by atoms with van der Waals surface area (Å²) in [4.78, 5) is 16.2. The van der Waals surface area contributed by atoms with Crippen molar-refractivity contribution in [3.05, 3.63) is 29.8 Å². The molecular formula is C26H39F3N2O2. The van der Waals surface area contributed by atoms with E-state index in [4.69, 9.17) is 5.11 Å². The van der Waals surface area contributed by atoms with E-state index in [0.29, 0.717) is 17.5 Å². The first-order valence-corrected chi connectivity index (χ1v) is 12.5. The van der Waals surface area contributed by atoms with Crippen molar-refractivity contribution in [1.82, 2.24) is 4.90 Å². The Labute approximate surface area is 196 Å². The van der Waals surface area contributed by atoms with E-state index in [9.17, 15) is 18.0 Å². The van der Waals surface area contributed by atoms with Crippen LogP contribution in [-0.4, -0.2) is 55.1 Å². The zero-order valence-corrected chi connectivity index (χ0v) is 20.0. The molecule has 2 fully saturated rings. The number of nitrogens with zero attached hydrogens (tertiary/aromatic N) is 2. The second-order valence-corrected chi connectivity index (χ2v) is 10.2. The molecule has 1 aliphatic heterocycles. The molecule has 186 valence electrons. The van der Waals surface area contributed by atoms with Gasteiger partial charge in [0.1, 0.15) is 6.61 Å². The van der Waals surface area contributed by atoms with Gasteiger partial charge < -0.3 is 10.0 Å². The first-order valence-electron chi connectivity index (χ1n) is 12.5. The Morgan fingerprint density at radius 1 is 1.06 bits per heavy atom.